The lowest BCUT2D eigenvalue weighted by molar-refractivity contribution is 0.0564. The van der Waals surface area contributed by atoms with Crippen molar-refractivity contribution >= 4 is 5.91 Å². The lowest BCUT2D eigenvalue weighted by Gasteiger charge is -2.23. The highest BCUT2D eigenvalue weighted by Gasteiger charge is 2.28. The fourth-order valence-corrected chi connectivity index (χ4v) is 3.13. The molecule has 1 atom stereocenters. The molecule has 1 saturated carbocycles. The van der Waals surface area contributed by atoms with Gasteiger partial charge in [-0.05, 0) is 37.0 Å². The van der Waals surface area contributed by atoms with Crippen LogP contribution in [0.15, 0.2) is 36.7 Å². The Morgan fingerprint density at radius 3 is 2.79 bits per heavy atom. The number of hydrogen-bond acceptors (Lipinski definition) is 4. The summed E-state index contributed by atoms with van der Waals surface area (Å²) >= 11 is 0. The number of ether oxygens (including phenoxy) is 1. The molecule has 6 heteroatoms. The molecule has 4 rings (SSSR count). The van der Waals surface area contributed by atoms with E-state index >= 15 is 0 Å². The van der Waals surface area contributed by atoms with E-state index in [9.17, 15) is 4.79 Å². The van der Waals surface area contributed by atoms with Crippen LogP contribution in [0.2, 0.25) is 0 Å². The van der Waals surface area contributed by atoms with Gasteiger partial charge in [0.05, 0.1) is 18.8 Å². The van der Waals surface area contributed by atoms with Crippen molar-refractivity contribution in [3.63, 3.8) is 0 Å². The van der Waals surface area contributed by atoms with E-state index in [4.69, 9.17) is 4.74 Å². The van der Waals surface area contributed by atoms with E-state index in [-0.39, 0.29) is 11.8 Å². The van der Waals surface area contributed by atoms with E-state index in [2.05, 4.69) is 10.1 Å². The number of carbonyl (C=O) groups excluding carboxylic acids is 1. The minimum absolute atomic E-state index is 0.0301. The van der Waals surface area contributed by atoms with E-state index in [0.29, 0.717) is 25.4 Å². The molecular formula is C18H22N4O2. The van der Waals surface area contributed by atoms with Crippen LogP contribution in [-0.4, -0.2) is 45.3 Å². The van der Waals surface area contributed by atoms with Gasteiger partial charge in [0.15, 0.2) is 0 Å². The van der Waals surface area contributed by atoms with Gasteiger partial charge < -0.3 is 9.64 Å². The highest BCUT2D eigenvalue weighted by atomic mass is 16.5. The Morgan fingerprint density at radius 2 is 2.00 bits per heavy atom. The predicted molar refractivity (Wildman–Crippen MR) is 88.2 cm³/mol. The topological polar surface area (TPSA) is 60.2 Å². The minimum atomic E-state index is -0.0301. The zero-order valence-electron chi connectivity index (χ0n) is 13.7. The fourth-order valence-electron chi connectivity index (χ4n) is 3.13. The Bertz CT molecular complexity index is 696. The van der Waals surface area contributed by atoms with Gasteiger partial charge in [-0.25, -0.2) is 0 Å². The molecule has 24 heavy (non-hydrogen) atoms. The first-order valence-corrected chi connectivity index (χ1v) is 8.58. The second kappa shape index (κ2) is 6.73. The van der Waals surface area contributed by atoms with Crippen molar-refractivity contribution in [1.82, 2.24) is 19.7 Å². The third-order valence-corrected chi connectivity index (χ3v) is 4.64. The number of nitrogens with zero attached hydrogens (tertiary/aromatic N) is 4. The van der Waals surface area contributed by atoms with Crippen molar-refractivity contribution in [1.29, 1.82) is 0 Å². The molecule has 2 aromatic heterocycles. The predicted octanol–water partition coefficient (Wildman–Crippen LogP) is 1.98. The van der Waals surface area contributed by atoms with E-state index < -0.39 is 0 Å². The SMILES string of the molecule is O=C(c1ccccn1)N1Cc2ccnn2CC(COCC2CC2)C1. The zero-order chi connectivity index (χ0) is 16.4. The largest absolute Gasteiger partial charge is 0.381 e. The first-order valence-electron chi connectivity index (χ1n) is 8.58. The normalized spacial score (nSPS) is 20.5. The number of rotatable bonds is 5. The number of carbonyl (C=O) groups is 1. The number of pyridine rings is 1. The van der Waals surface area contributed by atoms with Crippen molar-refractivity contribution in [2.24, 2.45) is 11.8 Å². The summed E-state index contributed by atoms with van der Waals surface area (Å²) in [5.74, 6) is 0.970. The van der Waals surface area contributed by atoms with E-state index in [1.165, 1.54) is 12.8 Å². The molecule has 1 aliphatic heterocycles. The van der Waals surface area contributed by atoms with Gasteiger partial charge in [-0.15, -0.1) is 0 Å². The molecule has 0 saturated heterocycles. The highest BCUT2D eigenvalue weighted by Crippen LogP contribution is 2.29. The molecule has 2 aliphatic rings. The van der Waals surface area contributed by atoms with E-state index in [0.717, 1.165) is 24.8 Å². The third kappa shape index (κ3) is 3.48. The number of amides is 1. The van der Waals surface area contributed by atoms with Crippen molar-refractivity contribution in [3.8, 4) is 0 Å². The summed E-state index contributed by atoms with van der Waals surface area (Å²) in [5.41, 5.74) is 1.55. The standard InChI is InChI=1S/C18H22N4O2/c23-18(17-3-1-2-7-19-17)21-9-15(13-24-12-14-4-5-14)10-22-16(11-21)6-8-20-22/h1-3,6-8,14-15H,4-5,9-13H2. The van der Waals surface area contributed by atoms with Gasteiger partial charge in [0.2, 0.25) is 0 Å². The average molecular weight is 326 g/mol. The lowest BCUT2D eigenvalue weighted by atomic mass is 10.1. The van der Waals surface area contributed by atoms with Crippen LogP contribution in [0.1, 0.15) is 29.0 Å². The van der Waals surface area contributed by atoms with Gasteiger partial charge in [0.1, 0.15) is 5.69 Å². The molecule has 0 spiro atoms. The van der Waals surface area contributed by atoms with Crippen molar-refractivity contribution in [3.05, 3.63) is 48.0 Å². The maximum absolute atomic E-state index is 12.8. The molecular weight excluding hydrogens is 304 g/mol. The van der Waals surface area contributed by atoms with Crippen LogP contribution in [0, 0.1) is 11.8 Å². The molecule has 1 amide bonds. The molecule has 3 heterocycles. The quantitative estimate of drug-likeness (QED) is 0.843. The molecule has 126 valence electrons. The highest BCUT2D eigenvalue weighted by molar-refractivity contribution is 5.92. The Balaban J connectivity index is 1.49. The summed E-state index contributed by atoms with van der Waals surface area (Å²) in [6, 6.07) is 7.41. The summed E-state index contributed by atoms with van der Waals surface area (Å²) in [4.78, 5) is 18.9. The minimum Gasteiger partial charge on any atom is -0.381 e. The van der Waals surface area contributed by atoms with Crippen molar-refractivity contribution in [2.45, 2.75) is 25.9 Å². The van der Waals surface area contributed by atoms with Crippen LogP contribution in [0.25, 0.3) is 0 Å². The number of fused-ring (bicyclic) bond motifs is 1. The van der Waals surface area contributed by atoms with Crippen LogP contribution in [-0.2, 0) is 17.8 Å². The number of hydrogen-bond donors (Lipinski definition) is 0. The Hall–Kier alpha value is -2.21. The van der Waals surface area contributed by atoms with E-state index in [1.807, 2.05) is 27.8 Å². The maximum Gasteiger partial charge on any atom is 0.272 e. The van der Waals surface area contributed by atoms with Gasteiger partial charge in [0.25, 0.3) is 5.91 Å². The first-order chi connectivity index (χ1) is 11.8. The molecule has 2 aromatic rings. The molecule has 1 fully saturated rings. The number of aromatic nitrogens is 3. The van der Waals surface area contributed by atoms with E-state index in [1.54, 1.807) is 18.5 Å². The monoisotopic (exact) mass is 326 g/mol. The Morgan fingerprint density at radius 1 is 1.12 bits per heavy atom. The van der Waals surface area contributed by atoms with Gasteiger partial charge in [-0.1, -0.05) is 6.07 Å². The fraction of sp³-hybridized carbons (Fsp3) is 0.500. The van der Waals surface area contributed by atoms with Crippen LogP contribution in [0.3, 0.4) is 0 Å². The molecule has 0 aromatic carbocycles. The molecule has 0 N–H and O–H groups in total. The van der Waals surface area contributed by atoms with Gasteiger partial charge >= 0.3 is 0 Å². The molecule has 0 radical (unpaired) electrons. The van der Waals surface area contributed by atoms with Gasteiger partial charge in [0, 0.05) is 38.0 Å². The van der Waals surface area contributed by atoms with Crippen LogP contribution in [0.4, 0.5) is 0 Å². The van der Waals surface area contributed by atoms with Crippen molar-refractivity contribution < 1.29 is 9.53 Å². The average Bonchev–Trinajstić information content (AvgIpc) is 3.37. The second-order valence-corrected chi connectivity index (χ2v) is 6.75. The van der Waals surface area contributed by atoms with Crippen molar-refractivity contribution in [2.75, 3.05) is 19.8 Å². The Labute approximate surface area is 141 Å². The first kappa shape index (κ1) is 15.3. The summed E-state index contributed by atoms with van der Waals surface area (Å²) in [5, 5.41) is 4.40. The summed E-state index contributed by atoms with van der Waals surface area (Å²) in [6.07, 6.45) is 6.04. The zero-order valence-corrected chi connectivity index (χ0v) is 13.7. The lowest BCUT2D eigenvalue weighted by Crippen LogP contribution is -2.35. The summed E-state index contributed by atoms with van der Waals surface area (Å²) < 4.78 is 7.88. The van der Waals surface area contributed by atoms with Crippen LogP contribution < -0.4 is 0 Å². The third-order valence-electron chi connectivity index (χ3n) is 4.64. The smallest absolute Gasteiger partial charge is 0.272 e. The van der Waals surface area contributed by atoms with Gasteiger partial charge in [-0.2, -0.15) is 5.10 Å². The molecule has 1 unspecified atom stereocenters. The summed E-state index contributed by atoms with van der Waals surface area (Å²) in [6.45, 7) is 3.54. The molecule has 1 aliphatic carbocycles. The molecule has 6 nitrogen and oxygen atoms in total. The Kier molecular flexibility index (Phi) is 4.30. The second-order valence-electron chi connectivity index (χ2n) is 6.75. The maximum atomic E-state index is 12.8. The van der Waals surface area contributed by atoms with Crippen LogP contribution >= 0.6 is 0 Å². The van der Waals surface area contributed by atoms with Crippen LogP contribution in [0.5, 0.6) is 0 Å². The van der Waals surface area contributed by atoms with Gasteiger partial charge in [-0.3, -0.25) is 14.5 Å². The molecule has 0 bridgehead atoms. The summed E-state index contributed by atoms with van der Waals surface area (Å²) in [7, 11) is 0.